The van der Waals surface area contributed by atoms with Gasteiger partial charge in [-0.15, -0.1) is 10.2 Å². The third-order valence-corrected chi connectivity index (χ3v) is 5.17. The van der Waals surface area contributed by atoms with Gasteiger partial charge in [-0.1, -0.05) is 30.3 Å². The van der Waals surface area contributed by atoms with E-state index in [4.69, 9.17) is 0 Å². The standard InChI is InChI=1S/C24H17F3N4O4/c1-13-20(22(33)31(30-13)17-8-3-7-16(12-17)24(25,26)27)29-28-19-10-4-9-18(21(19)32)14-5-2-6-15(11-14)23(34)35/h2-12,30,32H,1H3,(H,34,35). The number of para-hydroxylation sites is 1. The van der Waals surface area contributed by atoms with Crippen LogP contribution < -0.4 is 5.56 Å². The lowest BCUT2D eigenvalue weighted by Crippen LogP contribution is -2.15. The molecular formula is C24H17F3N4O4. The molecular weight excluding hydrogens is 465 g/mol. The van der Waals surface area contributed by atoms with Crippen LogP contribution in [0.25, 0.3) is 16.8 Å². The summed E-state index contributed by atoms with van der Waals surface area (Å²) in [7, 11) is 0. The molecule has 0 aliphatic heterocycles. The number of halogens is 3. The van der Waals surface area contributed by atoms with Crippen LogP contribution in [0.5, 0.6) is 5.75 Å². The maximum atomic E-state index is 13.0. The number of benzene rings is 3. The number of carbonyl (C=O) groups is 1. The molecule has 0 amide bonds. The number of H-pyrrole nitrogens is 1. The Morgan fingerprint density at radius 3 is 2.43 bits per heavy atom. The van der Waals surface area contributed by atoms with Crippen LogP contribution in [0.4, 0.5) is 24.5 Å². The lowest BCUT2D eigenvalue weighted by Gasteiger charge is -2.08. The number of aromatic nitrogens is 2. The molecule has 0 spiro atoms. The summed E-state index contributed by atoms with van der Waals surface area (Å²) in [5.74, 6) is -1.41. The van der Waals surface area contributed by atoms with Gasteiger partial charge in [-0.3, -0.25) is 9.89 Å². The van der Waals surface area contributed by atoms with Gasteiger partial charge in [0.15, 0.2) is 11.4 Å². The van der Waals surface area contributed by atoms with Gasteiger partial charge in [0, 0.05) is 5.56 Å². The SMILES string of the molecule is Cc1[nH]n(-c2cccc(C(F)(F)F)c2)c(=O)c1N=Nc1cccc(-c2cccc(C(=O)O)c2)c1O. The first-order valence-corrected chi connectivity index (χ1v) is 10.1. The van der Waals surface area contributed by atoms with E-state index < -0.39 is 23.3 Å². The Kier molecular flexibility index (Phi) is 6.00. The first-order valence-electron chi connectivity index (χ1n) is 10.1. The zero-order valence-corrected chi connectivity index (χ0v) is 18.0. The van der Waals surface area contributed by atoms with E-state index in [0.717, 1.165) is 16.8 Å². The molecule has 3 N–H and O–H groups in total. The van der Waals surface area contributed by atoms with Gasteiger partial charge in [0.1, 0.15) is 5.69 Å². The van der Waals surface area contributed by atoms with Crippen molar-refractivity contribution in [3.63, 3.8) is 0 Å². The Morgan fingerprint density at radius 1 is 1.00 bits per heavy atom. The molecule has 35 heavy (non-hydrogen) atoms. The molecule has 178 valence electrons. The number of aromatic hydroxyl groups is 1. The maximum absolute atomic E-state index is 13.0. The van der Waals surface area contributed by atoms with E-state index in [2.05, 4.69) is 15.3 Å². The molecule has 1 heterocycles. The van der Waals surface area contributed by atoms with Crippen molar-refractivity contribution < 1.29 is 28.2 Å². The summed E-state index contributed by atoms with van der Waals surface area (Å²) in [6.45, 7) is 1.51. The smallest absolute Gasteiger partial charge is 0.416 e. The van der Waals surface area contributed by atoms with Gasteiger partial charge in [-0.2, -0.15) is 13.2 Å². The van der Waals surface area contributed by atoms with Crippen molar-refractivity contribution in [3.05, 3.63) is 93.9 Å². The van der Waals surface area contributed by atoms with E-state index in [9.17, 15) is 33.0 Å². The highest BCUT2D eigenvalue weighted by atomic mass is 19.4. The van der Waals surface area contributed by atoms with Crippen molar-refractivity contribution in [2.24, 2.45) is 10.2 Å². The quantitative estimate of drug-likeness (QED) is 0.303. The number of hydrogen-bond donors (Lipinski definition) is 3. The lowest BCUT2D eigenvalue weighted by molar-refractivity contribution is -0.137. The number of rotatable bonds is 5. The molecule has 4 aromatic rings. The van der Waals surface area contributed by atoms with E-state index in [-0.39, 0.29) is 34.1 Å². The molecule has 0 bridgehead atoms. The number of azo groups is 1. The summed E-state index contributed by atoms with van der Waals surface area (Å²) in [5, 5.41) is 30.4. The fraction of sp³-hybridized carbons (Fsp3) is 0.0833. The largest absolute Gasteiger partial charge is 0.505 e. The lowest BCUT2D eigenvalue weighted by atomic mass is 10.0. The Hall–Kier alpha value is -4.67. The van der Waals surface area contributed by atoms with Gasteiger partial charge in [0.25, 0.3) is 5.56 Å². The zero-order valence-electron chi connectivity index (χ0n) is 18.0. The summed E-state index contributed by atoms with van der Waals surface area (Å²) in [6.07, 6.45) is -4.57. The molecule has 0 aliphatic rings. The van der Waals surface area contributed by atoms with Crippen LogP contribution in [-0.2, 0) is 6.18 Å². The minimum absolute atomic E-state index is 0.00819. The number of aryl methyl sites for hydroxylation is 1. The number of nitrogens with one attached hydrogen (secondary N) is 1. The summed E-state index contributed by atoms with van der Waals surface area (Å²) >= 11 is 0. The summed E-state index contributed by atoms with van der Waals surface area (Å²) in [5.41, 5.74) is -0.790. The number of hydrogen-bond acceptors (Lipinski definition) is 5. The summed E-state index contributed by atoms with van der Waals surface area (Å²) < 4.78 is 40.1. The van der Waals surface area contributed by atoms with Crippen LogP contribution >= 0.6 is 0 Å². The number of carboxylic acids is 1. The molecule has 1 aromatic heterocycles. The van der Waals surface area contributed by atoms with Crippen LogP contribution in [0.2, 0.25) is 0 Å². The van der Waals surface area contributed by atoms with E-state index in [1.165, 1.54) is 43.3 Å². The predicted octanol–water partition coefficient (Wildman–Crippen LogP) is 5.98. The van der Waals surface area contributed by atoms with Gasteiger partial charge >= 0.3 is 12.1 Å². The second-order valence-electron chi connectivity index (χ2n) is 7.53. The maximum Gasteiger partial charge on any atom is 0.416 e. The second kappa shape index (κ2) is 8.93. The predicted molar refractivity (Wildman–Crippen MR) is 121 cm³/mol. The van der Waals surface area contributed by atoms with Gasteiger partial charge < -0.3 is 10.2 Å². The molecule has 0 unspecified atom stereocenters. The van der Waals surface area contributed by atoms with Crippen molar-refractivity contribution in [1.82, 2.24) is 9.78 Å². The molecule has 0 fully saturated rings. The Bertz CT molecular complexity index is 1520. The minimum Gasteiger partial charge on any atom is -0.505 e. The molecule has 4 rings (SSSR count). The van der Waals surface area contributed by atoms with E-state index in [1.807, 2.05) is 0 Å². The second-order valence-corrected chi connectivity index (χ2v) is 7.53. The Labute approximate surface area is 195 Å². The normalized spacial score (nSPS) is 11.8. The molecule has 11 heteroatoms. The van der Waals surface area contributed by atoms with Crippen LogP contribution in [0, 0.1) is 6.92 Å². The van der Waals surface area contributed by atoms with E-state index in [0.29, 0.717) is 11.1 Å². The number of phenolic OH excluding ortho intramolecular Hbond substituents is 1. The van der Waals surface area contributed by atoms with Crippen molar-refractivity contribution in [1.29, 1.82) is 0 Å². The molecule has 0 saturated carbocycles. The van der Waals surface area contributed by atoms with Crippen molar-refractivity contribution in [2.75, 3.05) is 0 Å². The topological polar surface area (TPSA) is 120 Å². The third-order valence-electron chi connectivity index (χ3n) is 5.17. The monoisotopic (exact) mass is 482 g/mol. The Morgan fingerprint density at radius 2 is 1.71 bits per heavy atom. The van der Waals surface area contributed by atoms with Gasteiger partial charge in [0.05, 0.1) is 22.5 Å². The molecule has 0 aliphatic carbocycles. The average molecular weight is 482 g/mol. The van der Waals surface area contributed by atoms with Crippen molar-refractivity contribution in [3.8, 4) is 22.6 Å². The molecule has 0 radical (unpaired) electrons. The van der Waals surface area contributed by atoms with Gasteiger partial charge in [-0.25, -0.2) is 9.48 Å². The number of aromatic carboxylic acids is 1. The van der Waals surface area contributed by atoms with Crippen molar-refractivity contribution in [2.45, 2.75) is 13.1 Å². The van der Waals surface area contributed by atoms with Gasteiger partial charge in [0.2, 0.25) is 0 Å². The fourth-order valence-corrected chi connectivity index (χ4v) is 3.43. The minimum atomic E-state index is -4.57. The number of phenols is 1. The number of alkyl halides is 3. The van der Waals surface area contributed by atoms with Crippen LogP contribution in [-0.4, -0.2) is 26.0 Å². The molecule has 0 saturated heterocycles. The molecule has 0 atom stereocenters. The fourth-order valence-electron chi connectivity index (χ4n) is 3.43. The third kappa shape index (κ3) is 4.69. The highest BCUT2D eigenvalue weighted by Crippen LogP contribution is 2.38. The highest BCUT2D eigenvalue weighted by molar-refractivity contribution is 5.90. The van der Waals surface area contributed by atoms with Crippen molar-refractivity contribution >= 4 is 17.3 Å². The van der Waals surface area contributed by atoms with E-state index in [1.54, 1.807) is 18.2 Å². The van der Waals surface area contributed by atoms with Crippen LogP contribution in [0.1, 0.15) is 21.6 Å². The number of aromatic amines is 1. The first-order chi connectivity index (χ1) is 16.6. The average Bonchev–Trinajstić information content (AvgIpc) is 3.11. The number of carboxylic acid groups (broad SMARTS) is 1. The Balaban J connectivity index is 1.70. The first kappa shape index (κ1) is 23.5. The highest BCUT2D eigenvalue weighted by Gasteiger charge is 2.30. The summed E-state index contributed by atoms with van der Waals surface area (Å²) in [4.78, 5) is 24.1. The molecule has 8 nitrogen and oxygen atoms in total. The molecule has 3 aromatic carbocycles. The summed E-state index contributed by atoms with van der Waals surface area (Å²) in [6, 6.07) is 14.8. The van der Waals surface area contributed by atoms with E-state index >= 15 is 0 Å². The van der Waals surface area contributed by atoms with Crippen LogP contribution in [0.15, 0.2) is 81.8 Å². The van der Waals surface area contributed by atoms with Gasteiger partial charge in [-0.05, 0) is 48.9 Å². The van der Waals surface area contributed by atoms with Crippen LogP contribution in [0.3, 0.4) is 0 Å². The number of nitrogens with zero attached hydrogens (tertiary/aromatic N) is 3. The zero-order chi connectivity index (χ0) is 25.3.